The first-order valence-electron chi connectivity index (χ1n) is 6.72. The van der Waals surface area contributed by atoms with E-state index < -0.39 is 0 Å². The number of fused-ring (bicyclic) bond motifs is 1. The number of nitrogens with zero attached hydrogens (tertiary/aromatic N) is 1. The average molecular weight is 327 g/mol. The molecular weight excluding hydrogens is 308 g/mol. The number of likely N-dealkylation sites (tertiary alicyclic amines) is 1. The van der Waals surface area contributed by atoms with Crippen LogP contribution in [-0.4, -0.2) is 37.0 Å². The second-order valence-electron chi connectivity index (χ2n) is 5.22. The minimum atomic E-state index is 0. The van der Waals surface area contributed by atoms with Crippen LogP contribution >= 0.6 is 23.7 Å². The Labute approximate surface area is 134 Å². The highest BCUT2D eigenvalue weighted by atomic mass is 35.5. The molecule has 6 heteroatoms. The Kier molecular flexibility index (Phi) is 4.76. The summed E-state index contributed by atoms with van der Waals surface area (Å²) in [6, 6.07) is 6.05. The molecule has 0 aliphatic carbocycles. The van der Waals surface area contributed by atoms with Gasteiger partial charge in [-0.25, -0.2) is 0 Å². The topological polar surface area (TPSA) is 55.6 Å². The van der Waals surface area contributed by atoms with Crippen LogP contribution in [0.5, 0.6) is 5.75 Å². The third kappa shape index (κ3) is 2.86. The molecule has 1 aromatic heterocycles. The Morgan fingerprint density at radius 1 is 1.48 bits per heavy atom. The largest absolute Gasteiger partial charge is 0.497 e. The van der Waals surface area contributed by atoms with Crippen LogP contribution in [0.1, 0.15) is 21.7 Å². The molecule has 1 aliphatic rings. The zero-order chi connectivity index (χ0) is 14.3. The lowest BCUT2D eigenvalue weighted by atomic mass is 10.1. The number of ether oxygens (including phenoxy) is 1. The SMILES string of the molecule is COc1ccc2sc(C(=O)N3CC[C@@H](N)C3)c(C)c2c1.Cl. The fourth-order valence-electron chi connectivity index (χ4n) is 2.65. The second kappa shape index (κ2) is 6.22. The molecule has 2 aromatic rings. The van der Waals surface area contributed by atoms with E-state index in [2.05, 4.69) is 0 Å². The van der Waals surface area contributed by atoms with Crippen LogP contribution in [0.3, 0.4) is 0 Å². The van der Waals surface area contributed by atoms with Crippen molar-refractivity contribution >= 4 is 39.7 Å². The lowest BCUT2D eigenvalue weighted by molar-refractivity contribution is 0.0795. The Morgan fingerprint density at radius 3 is 2.86 bits per heavy atom. The van der Waals surface area contributed by atoms with Crippen LogP contribution in [-0.2, 0) is 0 Å². The molecule has 1 fully saturated rings. The molecule has 0 radical (unpaired) electrons. The number of carbonyl (C=O) groups is 1. The summed E-state index contributed by atoms with van der Waals surface area (Å²) in [6.07, 6.45) is 0.892. The molecule has 114 valence electrons. The number of benzene rings is 1. The molecule has 1 saturated heterocycles. The normalized spacial score (nSPS) is 17.9. The molecule has 0 spiro atoms. The molecule has 4 nitrogen and oxygen atoms in total. The second-order valence-corrected chi connectivity index (χ2v) is 6.27. The number of nitrogens with two attached hydrogens (primary N) is 1. The quantitative estimate of drug-likeness (QED) is 0.923. The molecule has 21 heavy (non-hydrogen) atoms. The zero-order valence-electron chi connectivity index (χ0n) is 12.1. The van der Waals surface area contributed by atoms with E-state index in [1.807, 2.05) is 30.0 Å². The number of amides is 1. The highest BCUT2D eigenvalue weighted by molar-refractivity contribution is 7.21. The van der Waals surface area contributed by atoms with Gasteiger partial charge < -0.3 is 15.4 Å². The van der Waals surface area contributed by atoms with Gasteiger partial charge in [-0.2, -0.15) is 0 Å². The van der Waals surface area contributed by atoms with Gasteiger partial charge in [0.1, 0.15) is 5.75 Å². The standard InChI is InChI=1S/C15H18N2O2S.ClH/c1-9-12-7-11(19-2)3-4-13(12)20-14(9)15(18)17-6-5-10(16)8-17;/h3-4,7,10H,5-6,8,16H2,1-2H3;1H/t10-;/m1./s1. The van der Waals surface area contributed by atoms with Gasteiger partial charge in [0.05, 0.1) is 12.0 Å². The maximum Gasteiger partial charge on any atom is 0.264 e. The highest BCUT2D eigenvalue weighted by Crippen LogP contribution is 2.34. The summed E-state index contributed by atoms with van der Waals surface area (Å²) in [7, 11) is 1.65. The van der Waals surface area contributed by atoms with E-state index in [1.54, 1.807) is 18.4 Å². The summed E-state index contributed by atoms with van der Waals surface area (Å²) >= 11 is 1.55. The highest BCUT2D eigenvalue weighted by Gasteiger charge is 2.27. The first-order chi connectivity index (χ1) is 9.60. The number of aryl methyl sites for hydroxylation is 1. The molecule has 2 heterocycles. The summed E-state index contributed by atoms with van der Waals surface area (Å²) in [4.78, 5) is 15.3. The first kappa shape index (κ1) is 16.1. The van der Waals surface area contributed by atoms with E-state index in [-0.39, 0.29) is 24.4 Å². The summed E-state index contributed by atoms with van der Waals surface area (Å²) < 4.78 is 6.37. The van der Waals surface area contributed by atoms with Crippen LogP contribution in [0.2, 0.25) is 0 Å². The average Bonchev–Trinajstić information content (AvgIpc) is 3.02. The monoisotopic (exact) mass is 326 g/mol. The molecule has 2 N–H and O–H groups in total. The first-order valence-corrected chi connectivity index (χ1v) is 7.54. The maximum absolute atomic E-state index is 12.6. The molecule has 1 aliphatic heterocycles. The molecule has 1 atom stereocenters. The van der Waals surface area contributed by atoms with Crippen molar-refractivity contribution in [3.63, 3.8) is 0 Å². The summed E-state index contributed by atoms with van der Waals surface area (Å²) in [6.45, 7) is 3.42. The summed E-state index contributed by atoms with van der Waals surface area (Å²) in [5.41, 5.74) is 6.92. The number of carbonyl (C=O) groups excluding carboxylic acids is 1. The lowest BCUT2D eigenvalue weighted by Crippen LogP contribution is -2.31. The van der Waals surface area contributed by atoms with E-state index in [0.29, 0.717) is 6.54 Å². The van der Waals surface area contributed by atoms with E-state index in [0.717, 1.165) is 39.2 Å². The molecule has 0 unspecified atom stereocenters. The summed E-state index contributed by atoms with van der Waals surface area (Å²) in [5.74, 6) is 0.927. The third-order valence-corrected chi connectivity index (χ3v) is 5.11. The van der Waals surface area contributed by atoms with Gasteiger partial charge in [0.15, 0.2) is 0 Å². The zero-order valence-corrected chi connectivity index (χ0v) is 13.7. The summed E-state index contributed by atoms with van der Waals surface area (Å²) in [5, 5.41) is 1.10. The van der Waals surface area contributed by atoms with Crippen LogP contribution < -0.4 is 10.5 Å². The van der Waals surface area contributed by atoms with Crippen molar-refractivity contribution in [2.75, 3.05) is 20.2 Å². The molecule has 3 rings (SSSR count). The van der Waals surface area contributed by atoms with Crippen molar-refractivity contribution in [2.45, 2.75) is 19.4 Å². The number of halogens is 1. The van der Waals surface area contributed by atoms with Gasteiger partial charge in [-0.3, -0.25) is 4.79 Å². The van der Waals surface area contributed by atoms with Crippen LogP contribution in [0.15, 0.2) is 18.2 Å². The Hall–Kier alpha value is -1.30. The molecule has 1 aromatic carbocycles. The maximum atomic E-state index is 12.6. The van der Waals surface area contributed by atoms with Gasteiger partial charge in [0, 0.05) is 23.8 Å². The van der Waals surface area contributed by atoms with Gasteiger partial charge >= 0.3 is 0 Å². The van der Waals surface area contributed by atoms with E-state index in [9.17, 15) is 4.79 Å². The number of hydrogen-bond donors (Lipinski definition) is 1. The van der Waals surface area contributed by atoms with Gasteiger partial charge in [-0.15, -0.1) is 23.7 Å². The number of thiophene rings is 1. The number of hydrogen-bond acceptors (Lipinski definition) is 4. The smallest absolute Gasteiger partial charge is 0.264 e. The fraction of sp³-hybridized carbons (Fsp3) is 0.400. The van der Waals surface area contributed by atoms with E-state index in [1.165, 1.54) is 0 Å². The van der Waals surface area contributed by atoms with Crippen molar-refractivity contribution in [2.24, 2.45) is 5.73 Å². The fourth-order valence-corrected chi connectivity index (χ4v) is 3.80. The van der Waals surface area contributed by atoms with Crippen LogP contribution in [0.25, 0.3) is 10.1 Å². The molecule has 0 saturated carbocycles. The van der Waals surface area contributed by atoms with E-state index in [4.69, 9.17) is 10.5 Å². The van der Waals surface area contributed by atoms with Crippen molar-refractivity contribution in [3.05, 3.63) is 28.6 Å². The molecular formula is C15H19ClN2O2S. The minimum absolute atomic E-state index is 0. The van der Waals surface area contributed by atoms with Gasteiger partial charge in [-0.05, 0) is 42.5 Å². The van der Waals surface area contributed by atoms with Gasteiger partial charge in [-0.1, -0.05) is 0 Å². The van der Waals surface area contributed by atoms with Crippen LogP contribution in [0, 0.1) is 6.92 Å². The van der Waals surface area contributed by atoms with Crippen LogP contribution in [0.4, 0.5) is 0 Å². The Bertz CT molecular complexity index is 671. The number of methoxy groups -OCH3 is 1. The molecule has 1 amide bonds. The Balaban J connectivity index is 0.00000161. The predicted molar refractivity (Wildman–Crippen MR) is 88.9 cm³/mol. The van der Waals surface area contributed by atoms with Crippen molar-refractivity contribution in [1.29, 1.82) is 0 Å². The molecule has 0 bridgehead atoms. The van der Waals surface area contributed by atoms with E-state index >= 15 is 0 Å². The van der Waals surface area contributed by atoms with Crippen molar-refractivity contribution in [3.8, 4) is 5.75 Å². The van der Waals surface area contributed by atoms with Gasteiger partial charge in [0.25, 0.3) is 5.91 Å². The third-order valence-electron chi connectivity index (χ3n) is 3.85. The van der Waals surface area contributed by atoms with Crippen molar-refractivity contribution < 1.29 is 9.53 Å². The van der Waals surface area contributed by atoms with Gasteiger partial charge in [0.2, 0.25) is 0 Å². The van der Waals surface area contributed by atoms with Crippen molar-refractivity contribution in [1.82, 2.24) is 4.90 Å². The predicted octanol–water partition coefficient (Wildman–Crippen LogP) is 2.81. The Morgan fingerprint density at radius 2 is 2.24 bits per heavy atom. The lowest BCUT2D eigenvalue weighted by Gasteiger charge is -2.15. The number of rotatable bonds is 2. The minimum Gasteiger partial charge on any atom is -0.497 e.